The summed E-state index contributed by atoms with van der Waals surface area (Å²) in [4.78, 5) is 26.7. The number of carboxylic acid groups (broad SMARTS) is 1. The molecule has 0 aliphatic carbocycles. The number of carbonyl (C=O) groups is 2. The van der Waals surface area contributed by atoms with Crippen molar-refractivity contribution in [3.05, 3.63) is 83.6 Å². The predicted octanol–water partition coefficient (Wildman–Crippen LogP) is 4.87. The van der Waals surface area contributed by atoms with Gasteiger partial charge in [0.1, 0.15) is 23.2 Å². The number of aromatic hydroxyl groups is 1. The van der Waals surface area contributed by atoms with Crippen LogP contribution in [0, 0.1) is 0 Å². The summed E-state index contributed by atoms with van der Waals surface area (Å²) in [6.07, 6.45) is 0. The van der Waals surface area contributed by atoms with Gasteiger partial charge in [0.2, 0.25) is 0 Å². The number of ether oxygens (including phenoxy) is 1. The van der Waals surface area contributed by atoms with Gasteiger partial charge in [0.25, 0.3) is 5.91 Å². The second kappa shape index (κ2) is 8.95. The van der Waals surface area contributed by atoms with Gasteiger partial charge in [-0.2, -0.15) is 0 Å². The first kappa shape index (κ1) is 21.1. The van der Waals surface area contributed by atoms with E-state index in [1.165, 1.54) is 0 Å². The molecule has 3 N–H and O–H groups in total. The summed E-state index contributed by atoms with van der Waals surface area (Å²) in [5.41, 5.74) is 1.70. The molecule has 7 nitrogen and oxygen atoms in total. The van der Waals surface area contributed by atoms with Crippen LogP contribution in [0.2, 0.25) is 5.15 Å². The van der Waals surface area contributed by atoms with E-state index in [0.29, 0.717) is 16.9 Å². The first-order valence-electron chi connectivity index (χ1n) is 9.58. The fourth-order valence-electron chi connectivity index (χ4n) is 3.21. The Labute approximate surface area is 187 Å². The fourth-order valence-corrected chi connectivity index (χ4v) is 3.45. The molecule has 0 aliphatic rings. The minimum Gasteiger partial charge on any atom is -0.505 e. The number of benzene rings is 3. The minimum absolute atomic E-state index is 0.0261. The number of aromatic nitrogens is 1. The van der Waals surface area contributed by atoms with Crippen LogP contribution in [-0.4, -0.2) is 33.6 Å². The smallest absolute Gasteiger partial charge is 0.322 e. The second-order valence-corrected chi connectivity index (χ2v) is 7.24. The molecular weight excluding hydrogens is 432 g/mol. The van der Waals surface area contributed by atoms with Crippen molar-refractivity contribution in [2.45, 2.75) is 0 Å². The third-order valence-corrected chi connectivity index (χ3v) is 4.98. The van der Waals surface area contributed by atoms with Crippen LogP contribution in [0.4, 0.5) is 0 Å². The predicted molar refractivity (Wildman–Crippen MR) is 120 cm³/mol. The number of fused-ring (bicyclic) bond motifs is 1. The van der Waals surface area contributed by atoms with E-state index in [1.54, 1.807) is 18.2 Å². The molecule has 4 rings (SSSR count). The van der Waals surface area contributed by atoms with Gasteiger partial charge in [0.05, 0.1) is 0 Å². The van der Waals surface area contributed by atoms with Crippen LogP contribution >= 0.6 is 11.6 Å². The lowest BCUT2D eigenvalue weighted by molar-refractivity contribution is -0.135. The average molecular weight is 449 g/mol. The van der Waals surface area contributed by atoms with E-state index >= 15 is 0 Å². The lowest BCUT2D eigenvalue weighted by atomic mass is 10.1. The summed E-state index contributed by atoms with van der Waals surface area (Å²) in [6.45, 7) is -0.607. The van der Waals surface area contributed by atoms with E-state index in [0.717, 1.165) is 11.1 Å². The number of carbonyl (C=O) groups excluding carboxylic acids is 1. The van der Waals surface area contributed by atoms with Crippen molar-refractivity contribution in [2.24, 2.45) is 0 Å². The van der Waals surface area contributed by atoms with Crippen molar-refractivity contribution in [1.29, 1.82) is 0 Å². The number of carboxylic acids is 1. The van der Waals surface area contributed by atoms with Gasteiger partial charge in [-0.05, 0) is 41.5 Å². The molecule has 0 fully saturated rings. The molecule has 1 aromatic heterocycles. The minimum atomic E-state index is -1.22. The maximum Gasteiger partial charge on any atom is 0.322 e. The Balaban J connectivity index is 1.63. The molecule has 0 bridgehead atoms. The number of rotatable bonds is 6. The van der Waals surface area contributed by atoms with Gasteiger partial charge in [-0.1, -0.05) is 54.1 Å². The summed E-state index contributed by atoms with van der Waals surface area (Å²) in [5, 5.41) is 22.0. The number of hydrogen-bond acceptors (Lipinski definition) is 5. The Morgan fingerprint density at radius 1 is 0.906 bits per heavy atom. The zero-order chi connectivity index (χ0) is 22.7. The molecule has 0 atom stereocenters. The van der Waals surface area contributed by atoms with E-state index in [2.05, 4.69) is 10.3 Å². The van der Waals surface area contributed by atoms with E-state index in [1.807, 2.05) is 54.6 Å². The molecule has 0 aliphatic heterocycles. The zero-order valence-corrected chi connectivity index (χ0v) is 17.3. The maximum atomic E-state index is 12.1. The highest BCUT2D eigenvalue weighted by atomic mass is 35.5. The number of pyridine rings is 1. The monoisotopic (exact) mass is 448 g/mol. The molecule has 0 unspecified atom stereocenters. The lowest BCUT2D eigenvalue weighted by Crippen LogP contribution is -2.30. The number of amides is 1. The number of nitrogens with one attached hydrogen (secondary N) is 1. The van der Waals surface area contributed by atoms with Crippen LogP contribution in [-0.2, 0) is 4.79 Å². The van der Waals surface area contributed by atoms with Gasteiger partial charge in [-0.25, -0.2) is 4.98 Å². The molecule has 0 spiro atoms. The standard InChI is InChI=1S/C24H17ClN2O5/c25-23-19-12-17(32-16-8-4-7-15(11-16)14-5-2-1-3-6-14)9-10-18(19)22(30)21(27-23)24(31)26-13-20(28)29/h1-12,30H,13H2,(H,26,31)(H,28,29). The molecule has 0 radical (unpaired) electrons. The SMILES string of the molecule is O=C(O)CNC(=O)c1nc(Cl)c2cc(Oc3cccc(-c4ccccc4)c3)ccc2c1O. The van der Waals surface area contributed by atoms with Gasteiger partial charge >= 0.3 is 5.97 Å². The third-order valence-electron chi connectivity index (χ3n) is 4.69. The lowest BCUT2D eigenvalue weighted by Gasteiger charge is -2.12. The van der Waals surface area contributed by atoms with Crippen molar-refractivity contribution >= 4 is 34.2 Å². The zero-order valence-electron chi connectivity index (χ0n) is 16.6. The summed E-state index contributed by atoms with van der Waals surface area (Å²) in [7, 11) is 0. The highest BCUT2D eigenvalue weighted by Crippen LogP contribution is 2.36. The number of nitrogens with zero attached hydrogens (tertiary/aromatic N) is 1. The third kappa shape index (κ3) is 4.48. The number of hydrogen-bond donors (Lipinski definition) is 3. The van der Waals surface area contributed by atoms with Crippen LogP contribution in [0.3, 0.4) is 0 Å². The highest BCUT2D eigenvalue weighted by molar-refractivity contribution is 6.35. The Bertz CT molecular complexity index is 1330. The first-order chi connectivity index (χ1) is 15.4. The molecule has 8 heteroatoms. The summed E-state index contributed by atoms with van der Waals surface area (Å²) in [6, 6.07) is 22.3. The highest BCUT2D eigenvalue weighted by Gasteiger charge is 2.19. The first-order valence-corrected chi connectivity index (χ1v) is 9.96. The normalized spacial score (nSPS) is 10.7. The Morgan fingerprint density at radius 2 is 1.62 bits per heavy atom. The molecule has 1 amide bonds. The Kier molecular flexibility index (Phi) is 5.91. The van der Waals surface area contributed by atoms with Crippen LogP contribution in [0.15, 0.2) is 72.8 Å². The van der Waals surface area contributed by atoms with E-state index in [9.17, 15) is 14.7 Å². The fraction of sp³-hybridized carbons (Fsp3) is 0.0417. The van der Waals surface area contributed by atoms with E-state index in [4.69, 9.17) is 21.4 Å². The van der Waals surface area contributed by atoms with E-state index < -0.39 is 24.2 Å². The average Bonchev–Trinajstić information content (AvgIpc) is 2.80. The van der Waals surface area contributed by atoms with Gasteiger partial charge < -0.3 is 20.3 Å². The Morgan fingerprint density at radius 3 is 2.38 bits per heavy atom. The van der Waals surface area contributed by atoms with Gasteiger partial charge in [0, 0.05) is 10.8 Å². The molecule has 1 heterocycles. The van der Waals surface area contributed by atoms with Crippen molar-refractivity contribution < 1.29 is 24.5 Å². The van der Waals surface area contributed by atoms with Crippen molar-refractivity contribution in [1.82, 2.24) is 10.3 Å². The van der Waals surface area contributed by atoms with E-state index in [-0.39, 0.29) is 16.2 Å². The maximum absolute atomic E-state index is 12.1. The van der Waals surface area contributed by atoms with Crippen LogP contribution in [0.1, 0.15) is 10.5 Å². The van der Waals surface area contributed by atoms with Crippen LogP contribution < -0.4 is 10.1 Å². The van der Waals surface area contributed by atoms with Crippen LogP contribution in [0.5, 0.6) is 17.2 Å². The van der Waals surface area contributed by atoms with Crippen molar-refractivity contribution in [3.8, 4) is 28.4 Å². The van der Waals surface area contributed by atoms with Crippen molar-refractivity contribution in [2.75, 3.05) is 6.54 Å². The molecule has 0 saturated carbocycles. The van der Waals surface area contributed by atoms with Gasteiger partial charge in [-0.15, -0.1) is 0 Å². The van der Waals surface area contributed by atoms with Crippen LogP contribution in [0.25, 0.3) is 21.9 Å². The number of halogens is 1. The Hall–Kier alpha value is -4.10. The largest absolute Gasteiger partial charge is 0.505 e. The topological polar surface area (TPSA) is 109 Å². The van der Waals surface area contributed by atoms with Gasteiger partial charge in [0.15, 0.2) is 11.4 Å². The molecule has 4 aromatic rings. The molecule has 3 aromatic carbocycles. The summed E-state index contributed by atoms with van der Waals surface area (Å²) in [5.74, 6) is -1.38. The van der Waals surface area contributed by atoms with Crippen molar-refractivity contribution in [3.63, 3.8) is 0 Å². The van der Waals surface area contributed by atoms with Gasteiger partial charge in [-0.3, -0.25) is 9.59 Å². The summed E-state index contributed by atoms with van der Waals surface area (Å²) < 4.78 is 5.97. The number of aliphatic carboxylic acids is 1. The molecule has 0 saturated heterocycles. The molecule has 32 heavy (non-hydrogen) atoms. The molecule has 160 valence electrons. The summed E-state index contributed by atoms with van der Waals surface area (Å²) >= 11 is 6.25. The quantitative estimate of drug-likeness (QED) is 0.363. The second-order valence-electron chi connectivity index (χ2n) is 6.88. The molecular formula is C24H17ClN2O5.